The molecular formula is C15H18O5. The van der Waals surface area contributed by atoms with Gasteiger partial charge in [-0.1, -0.05) is 6.08 Å². The van der Waals surface area contributed by atoms with Crippen molar-refractivity contribution in [1.29, 1.82) is 0 Å². The fourth-order valence-electron chi connectivity index (χ4n) is 2.26. The number of allylic oxidation sites excluding steroid dienone is 1. The summed E-state index contributed by atoms with van der Waals surface area (Å²) < 4.78 is 15.3. The second-order valence-corrected chi connectivity index (χ2v) is 4.66. The van der Waals surface area contributed by atoms with E-state index in [2.05, 4.69) is 0 Å². The van der Waals surface area contributed by atoms with Crippen LogP contribution in [0.2, 0.25) is 0 Å². The summed E-state index contributed by atoms with van der Waals surface area (Å²) in [6.45, 7) is 2.33. The standard InChI is InChI=1S/C15H18O5/c1-2-18-13(16)15(9-5-11-20-14(15)17)8-3-6-12-7-4-10-19-12/h3-4,6-7,10H,2,5,8-9,11H2,1H3/b6-3+/t15-/m0/s1. The summed E-state index contributed by atoms with van der Waals surface area (Å²) in [5.74, 6) is -0.326. The van der Waals surface area contributed by atoms with E-state index >= 15 is 0 Å². The largest absolute Gasteiger partial charge is 0.465 e. The molecule has 1 aromatic rings. The summed E-state index contributed by atoms with van der Waals surface area (Å²) in [6.07, 6.45) is 6.43. The highest BCUT2D eigenvalue weighted by Gasteiger charge is 2.49. The van der Waals surface area contributed by atoms with E-state index in [0.29, 0.717) is 25.2 Å². The molecule has 0 saturated carbocycles. The van der Waals surface area contributed by atoms with Crippen molar-refractivity contribution in [1.82, 2.24) is 0 Å². The number of carbonyl (C=O) groups excluding carboxylic acids is 2. The third-order valence-corrected chi connectivity index (χ3v) is 3.33. The lowest BCUT2D eigenvalue weighted by molar-refractivity contribution is -0.177. The van der Waals surface area contributed by atoms with Crippen LogP contribution in [0.1, 0.15) is 31.9 Å². The Kier molecular flexibility index (Phi) is 4.61. The molecule has 2 rings (SSSR count). The molecule has 0 radical (unpaired) electrons. The number of ether oxygens (including phenoxy) is 2. The van der Waals surface area contributed by atoms with Gasteiger partial charge in [-0.3, -0.25) is 9.59 Å². The topological polar surface area (TPSA) is 65.7 Å². The summed E-state index contributed by atoms with van der Waals surface area (Å²) in [6, 6.07) is 3.57. The van der Waals surface area contributed by atoms with E-state index in [0.717, 1.165) is 0 Å². The van der Waals surface area contributed by atoms with Crippen LogP contribution in [0.3, 0.4) is 0 Å². The molecular weight excluding hydrogens is 260 g/mol. The van der Waals surface area contributed by atoms with E-state index in [-0.39, 0.29) is 13.0 Å². The predicted molar refractivity (Wildman–Crippen MR) is 71.6 cm³/mol. The molecule has 0 aromatic carbocycles. The fraction of sp³-hybridized carbons (Fsp3) is 0.467. The van der Waals surface area contributed by atoms with Crippen LogP contribution in [0.4, 0.5) is 0 Å². The molecule has 1 aromatic heterocycles. The number of hydrogen-bond donors (Lipinski definition) is 0. The van der Waals surface area contributed by atoms with Crippen molar-refractivity contribution in [2.75, 3.05) is 13.2 Å². The molecule has 108 valence electrons. The molecule has 1 saturated heterocycles. The van der Waals surface area contributed by atoms with Gasteiger partial charge in [0.2, 0.25) is 0 Å². The maximum Gasteiger partial charge on any atom is 0.323 e. The Labute approximate surface area is 117 Å². The third kappa shape index (κ3) is 2.92. The minimum absolute atomic E-state index is 0.246. The van der Waals surface area contributed by atoms with Gasteiger partial charge in [0, 0.05) is 0 Å². The summed E-state index contributed by atoms with van der Waals surface area (Å²) >= 11 is 0. The summed E-state index contributed by atoms with van der Waals surface area (Å²) in [5, 5.41) is 0. The van der Waals surface area contributed by atoms with Gasteiger partial charge in [0.15, 0.2) is 5.41 Å². The average Bonchev–Trinajstić information content (AvgIpc) is 2.94. The molecule has 0 spiro atoms. The average molecular weight is 278 g/mol. The van der Waals surface area contributed by atoms with Gasteiger partial charge in [-0.05, 0) is 44.4 Å². The molecule has 5 heteroatoms. The lowest BCUT2D eigenvalue weighted by Gasteiger charge is -2.31. The number of esters is 2. The van der Waals surface area contributed by atoms with Crippen LogP contribution in [0.25, 0.3) is 6.08 Å². The Morgan fingerprint density at radius 3 is 3.05 bits per heavy atom. The Bertz CT molecular complexity index is 488. The lowest BCUT2D eigenvalue weighted by atomic mass is 9.78. The first-order chi connectivity index (χ1) is 9.69. The van der Waals surface area contributed by atoms with Gasteiger partial charge in [-0.2, -0.15) is 0 Å². The molecule has 0 amide bonds. The summed E-state index contributed by atoms with van der Waals surface area (Å²) in [4.78, 5) is 24.2. The van der Waals surface area contributed by atoms with Crippen molar-refractivity contribution in [3.63, 3.8) is 0 Å². The zero-order valence-corrected chi connectivity index (χ0v) is 11.5. The van der Waals surface area contributed by atoms with Crippen LogP contribution in [-0.4, -0.2) is 25.2 Å². The molecule has 0 N–H and O–H groups in total. The van der Waals surface area contributed by atoms with Gasteiger partial charge in [0.1, 0.15) is 5.76 Å². The van der Waals surface area contributed by atoms with E-state index < -0.39 is 17.4 Å². The monoisotopic (exact) mass is 278 g/mol. The van der Waals surface area contributed by atoms with Crippen molar-refractivity contribution in [3.05, 3.63) is 30.2 Å². The molecule has 1 atom stereocenters. The highest BCUT2D eigenvalue weighted by molar-refractivity contribution is 6.00. The molecule has 20 heavy (non-hydrogen) atoms. The minimum atomic E-state index is -1.21. The lowest BCUT2D eigenvalue weighted by Crippen LogP contribution is -2.44. The molecule has 0 aliphatic carbocycles. The number of hydrogen-bond acceptors (Lipinski definition) is 5. The van der Waals surface area contributed by atoms with Crippen molar-refractivity contribution in [2.45, 2.75) is 26.2 Å². The van der Waals surface area contributed by atoms with Crippen LogP contribution in [-0.2, 0) is 19.1 Å². The third-order valence-electron chi connectivity index (χ3n) is 3.33. The van der Waals surface area contributed by atoms with Crippen LogP contribution < -0.4 is 0 Å². The molecule has 2 heterocycles. The van der Waals surface area contributed by atoms with Gasteiger partial charge < -0.3 is 13.9 Å². The van der Waals surface area contributed by atoms with Crippen molar-refractivity contribution >= 4 is 18.0 Å². The number of cyclic esters (lactones) is 1. The van der Waals surface area contributed by atoms with Gasteiger partial charge in [-0.25, -0.2) is 0 Å². The van der Waals surface area contributed by atoms with Crippen LogP contribution in [0.5, 0.6) is 0 Å². The first kappa shape index (κ1) is 14.4. The molecule has 1 fully saturated rings. The summed E-state index contributed by atoms with van der Waals surface area (Å²) in [5.41, 5.74) is -1.21. The van der Waals surface area contributed by atoms with Gasteiger partial charge >= 0.3 is 11.9 Å². The van der Waals surface area contributed by atoms with Crippen molar-refractivity contribution < 1.29 is 23.5 Å². The maximum atomic E-state index is 12.1. The highest BCUT2D eigenvalue weighted by atomic mass is 16.6. The van der Waals surface area contributed by atoms with E-state index in [1.807, 2.05) is 0 Å². The minimum Gasteiger partial charge on any atom is -0.465 e. The maximum absolute atomic E-state index is 12.1. The second kappa shape index (κ2) is 6.41. The fourth-order valence-corrected chi connectivity index (χ4v) is 2.26. The van der Waals surface area contributed by atoms with E-state index in [4.69, 9.17) is 13.9 Å². The van der Waals surface area contributed by atoms with Crippen molar-refractivity contribution in [3.8, 4) is 0 Å². The zero-order valence-electron chi connectivity index (χ0n) is 11.5. The van der Waals surface area contributed by atoms with Gasteiger partial charge in [0.25, 0.3) is 0 Å². The SMILES string of the molecule is CCOC(=O)[C@]1(C/C=C/c2ccco2)CCCOC1=O. The van der Waals surface area contributed by atoms with E-state index in [1.54, 1.807) is 37.5 Å². The van der Waals surface area contributed by atoms with Gasteiger partial charge in [0.05, 0.1) is 19.5 Å². The Balaban J connectivity index is 2.14. The first-order valence-corrected chi connectivity index (χ1v) is 6.73. The number of rotatable bonds is 5. The summed E-state index contributed by atoms with van der Waals surface area (Å²) in [7, 11) is 0. The first-order valence-electron chi connectivity index (χ1n) is 6.73. The van der Waals surface area contributed by atoms with E-state index in [9.17, 15) is 9.59 Å². The second-order valence-electron chi connectivity index (χ2n) is 4.66. The zero-order chi connectivity index (χ0) is 14.4. The quantitative estimate of drug-likeness (QED) is 0.611. The Morgan fingerprint density at radius 2 is 2.40 bits per heavy atom. The Hall–Kier alpha value is -2.04. The smallest absolute Gasteiger partial charge is 0.323 e. The van der Waals surface area contributed by atoms with Crippen LogP contribution in [0.15, 0.2) is 28.9 Å². The number of carbonyl (C=O) groups is 2. The molecule has 0 bridgehead atoms. The molecule has 1 aliphatic heterocycles. The van der Waals surface area contributed by atoms with Crippen molar-refractivity contribution in [2.24, 2.45) is 5.41 Å². The van der Waals surface area contributed by atoms with E-state index in [1.165, 1.54) is 0 Å². The Morgan fingerprint density at radius 1 is 1.55 bits per heavy atom. The molecule has 1 aliphatic rings. The highest BCUT2D eigenvalue weighted by Crippen LogP contribution is 2.35. The molecule has 0 unspecified atom stereocenters. The van der Waals surface area contributed by atoms with Crippen LogP contribution >= 0.6 is 0 Å². The normalized spacial score (nSPS) is 22.8. The van der Waals surface area contributed by atoms with Crippen LogP contribution in [0, 0.1) is 5.41 Å². The molecule has 5 nitrogen and oxygen atoms in total. The number of furan rings is 1. The van der Waals surface area contributed by atoms with Gasteiger partial charge in [-0.15, -0.1) is 0 Å². The predicted octanol–water partition coefficient (Wildman–Crippen LogP) is 2.57.